The minimum absolute atomic E-state index is 0.000935. The van der Waals surface area contributed by atoms with E-state index >= 15 is 0 Å². The molecule has 2 fully saturated rings. The summed E-state index contributed by atoms with van der Waals surface area (Å²) in [6.07, 6.45) is 0.207. The normalized spacial score (nSPS) is 21.5. The molecule has 1 aromatic carbocycles. The third-order valence-corrected chi connectivity index (χ3v) is 5.23. The first-order valence-electron chi connectivity index (χ1n) is 9.74. The molecule has 1 N–H and O–H groups in total. The summed E-state index contributed by atoms with van der Waals surface area (Å²) in [5.41, 5.74) is 0.583. The van der Waals surface area contributed by atoms with E-state index in [1.165, 1.54) is 6.07 Å². The van der Waals surface area contributed by atoms with Crippen molar-refractivity contribution in [3.05, 3.63) is 30.1 Å². The van der Waals surface area contributed by atoms with Gasteiger partial charge in [-0.25, -0.2) is 4.39 Å². The van der Waals surface area contributed by atoms with Gasteiger partial charge in [0.2, 0.25) is 11.8 Å². The van der Waals surface area contributed by atoms with E-state index in [0.717, 1.165) is 13.1 Å². The van der Waals surface area contributed by atoms with Gasteiger partial charge in [0, 0.05) is 45.8 Å². The van der Waals surface area contributed by atoms with E-state index in [9.17, 15) is 14.0 Å². The van der Waals surface area contributed by atoms with Gasteiger partial charge in [0.15, 0.2) is 0 Å². The fraction of sp³-hybridized carbons (Fsp3) is 0.600. The van der Waals surface area contributed by atoms with E-state index in [1.54, 1.807) is 17.0 Å². The predicted octanol–water partition coefficient (Wildman–Crippen LogP) is 1.32. The van der Waals surface area contributed by atoms with Crippen LogP contribution in [-0.2, 0) is 9.59 Å². The molecule has 0 spiro atoms. The van der Waals surface area contributed by atoms with Crippen molar-refractivity contribution in [3.63, 3.8) is 0 Å². The average Bonchev–Trinajstić information content (AvgIpc) is 2.64. The molecule has 0 radical (unpaired) electrons. The van der Waals surface area contributed by atoms with Gasteiger partial charge in [-0.3, -0.25) is 14.5 Å². The molecule has 1 atom stereocenters. The van der Waals surface area contributed by atoms with Crippen LogP contribution in [0.5, 0.6) is 0 Å². The lowest BCUT2D eigenvalue weighted by Crippen LogP contribution is -2.58. The summed E-state index contributed by atoms with van der Waals surface area (Å²) in [4.78, 5) is 31.0. The van der Waals surface area contributed by atoms with Gasteiger partial charge >= 0.3 is 0 Å². The molecule has 0 aliphatic carbocycles. The van der Waals surface area contributed by atoms with Gasteiger partial charge in [-0.1, -0.05) is 26.0 Å². The second-order valence-corrected chi connectivity index (χ2v) is 7.72. The Morgan fingerprint density at radius 1 is 1.19 bits per heavy atom. The molecule has 1 aromatic rings. The lowest BCUT2D eigenvalue weighted by Gasteiger charge is -2.39. The Hall–Kier alpha value is -2.15. The van der Waals surface area contributed by atoms with Gasteiger partial charge in [0.1, 0.15) is 5.82 Å². The molecule has 2 aliphatic heterocycles. The van der Waals surface area contributed by atoms with Crippen LogP contribution in [0, 0.1) is 11.7 Å². The zero-order valence-corrected chi connectivity index (χ0v) is 16.2. The first-order valence-corrected chi connectivity index (χ1v) is 9.74. The maximum Gasteiger partial charge on any atom is 0.237 e. The van der Waals surface area contributed by atoms with E-state index < -0.39 is 6.04 Å². The highest BCUT2D eigenvalue weighted by molar-refractivity contribution is 5.89. The molecule has 2 aliphatic rings. The summed E-state index contributed by atoms with van der Waals surface area (Å²) in [6, 6.07) is 6.33. The number of hydrogen-bond donors (Lipinski definition) is 1. The molecule has 27 heavy (non-hydrogen) atoms. The summed E-state index contributed by atoms with van der Waals surface area (Å²) in [5.74, 6) is 0.150. The maximum absolute atomic E-state index is 14.0. The van der Waals surface area contributed by atoms with Crippen molar-refractivity contribution >= 4 is 17.5 Å². The molecule has 6 nitrogen and oxygen atoms in total. The number of carbonyl (C=O) groups excluding carboxylic acids is 2. The molecule has 7 heteroatoms. The SMILES string of the molecule is CC(C)CN1CCNC(=O)[C@H]1CC(=O)N1CCN(c2ccccc2F)CC1. The maximum atomic E-state index is 14.0. The number of anilines is 1. The molecular weight excluding hydrogens is 347 g/mol. The van der Waals surface area contributed by atoms with Crippen LogP contribution in [0.2, 0.25) is 0 Å². The third-order valence-electron chi connectivity index (χ3n) is 5.23. The molecule has 0 unspecified atom stereocenters. The number of nitrogens with one attached hydrogen (secondary N) is 1. The van der Waals surface area contributed by atoms with Crippen LogP contribution in [0.1, 0.15) is 20.3 Å². The van der Waals surface area contributed by atoms with E-state index in [1.807, 2.05) is 11.0 Å². The Labute approximate surface area is 160 Å². The number of amides is 2. The summed E-state index contributed by atoms with van der Waals surface area (Å²) in [5, 5.41) is 2.88. The highest BCUT2D eigenvalue weighted by atomic mass is 19.1. The molecular formula is C20H29FN4O2. The monoisotopic (exact) mass is 376 g/mol. The highest BCUT2D eigenvalue weighted by Gasteiger charge is 2.33. The number of nitrogens with zero attached hydrogens (tertiary/aromatic N) is 3. The first-order chi connectivity index (χ1) is 13.0. The number of carbonyl (C=O) groups is 2. The predicted molar refractivity (Wildman–Crippen MR) is 103 cm³/mol. The summed E-state index contributed by atoms with van der Waals surface area (Å²) < 4.78 is 14.0. The van der Waals surface area contributed by atoms with Crippen LogP contribution >= 0.6 is 0 Å². The Bertz CT molecular complexity index is 674. The first kappa shape index (κ1) is 19.6. The summed E-state index contributed by atoms with van der Waals surface area (Å²) >= 11 is 0. The molecule has 3 rings (SSSR count). The number of hydrogen-bond acceptors (Lipinski definition) is 4. The van der Waals surface area contributed by atoms with Gasteiger partial charge in [-0.05, 0) is 18.1 Å². The van der Waals surface area contributed by atoms with Crippen LogP contribution in [0.15, 0.2) is 24.3 Å². The van der Waals surface area contributed by atoms with Gasteiger partial charge in [0.25, 0.3) is 0 Å². The van der Waals surface area contributed by atoms with Gasteiger partial charge in [-0.2, -0.15) is 0 Å². The lowest BCUT2D eigenvalue weighted by molar-refractivity contribution is -0.139. The highest BCUT2D eigenvalue weighted by Crippen LogP contribution is 2.21. The zero-order valence-electron chi connectivity index (χ0n) is 16.2. The largest absolute Gasteiger partial charge is 0.366 e. The van der Waals surface area contributed by atoms with E-state index in [4.69, 9.17) is 0 Å². The van der Waals surface area contributed by atoms with E-state index in [0.29, 0.717) is 44.3 Å². The topological polar surface area (TPSA) is 55.9 Å². The molecule has 2 saturated heterocycles. The molecule has 0 aromatic heterocycles. The van der Waals surface area contributed by atoms with Crippen molar-refractivity contribution < 1.29 is 14.0 Å². The smallest absolute Gasteiger partial charge is 0.237 e. The molecule has 0 saturated carbocycles. The van der Waals surface area contributed by atoms with Crippen molar-refractivity contribution in [2.75, 3.05) is 50.7 Å². The lowest BCUT2D eigenvalue weighted by atomic mass is 10.0. The van der Waals surface area contributed by atoms with Crippen LogP contribution < -0.4 is 10.2 Å². The van der Waals surface area contributed by atoms with Crippen molar-refractivity contribution in [2.45, 2.75) is 26.3 Å². The fourth-order valence-electron chi connectivity index (χ4n) is 3.87. The molecule has 2 heterocycles. The Morgan fingerprint density at radius 3 is 2.56 bits per heavy atom. The van der Waals surface area contributed by atoms with Crippen molar-refractivity contribution in [2.24, 2.45) is 5.92 Å². The second-order valence-electron chi connectivity index (χ2n) is 7.72. The van der Waals surface area contributed by atoms with Gasteiger partial charge in [0.05, 0.1) is 18.2 Å². The number of para-hydroxylation sites is 1. The summed E-state index contributed by atoms with van der Waals surface area (Å²) in [7, 11) is 0. The van der Waals surface area contributed by atoms with Gasteiger partial charge < -0.3 is 15.1 Å². The Morgan fingerprint density at radius 2 is 1.89 bits per heavy atom. The molecule has 0 bridgehead atoms. The van der Waals surface area contributed by atoms with Crippen LogP contribution in [0.3, 0.4) is 0 Å². The second kappa shape index (κ2) is 8.69. The fourth-order valence-corrected chi connectivity index (χ4v) is 3.87. The Balaban J connectivity index is 1.57. The standard InChI is InChI=1S/C20H29FN4O2/c1-15(2)14-25-8-7-22-20(27)18(25)13-19(26)24-11-9-23(10-12-24)17-6-4-3-5-16(17)21/h3-6,15,18H,7-14H2,1-2H3,(H,22,27)/t18-/m1/s1. The zero-order chi connectivity index (χ0) is 19.4. The average molecular weight is 376 g/mol. The number of piperazine rings is 2. The quantitative estimate of drug-likeness (QED) is 0.842. The minimum atomic E-state index is -0.391. The minimum Gasteiger partial charge on any atom is -0.366 e. The molecule has 2 amide bonds. The number of benzene rings is 1. The summed E-state index contributed by atoms with van der Waals surface area (Å²) in [6.45, 7) is 8.75. The van der Waals surface area contributed by atoms with Crippen LogP contribution in [0.4, 0.5) is 10.1 Å². The van der Waals surface area contributed by atoms with Gasteiger partial charge in [-0.15, -0.1) is 0 Å². The van der Waals surface area contributed by atoms with Crippen molar-refractivity contribution in [1.29, 1.82) is 0 Å². The third kappa shape index (κ3) is 4.77. The van der Waals surface area contributed by atoms with Crippen LogP contribution in [0.25, 0.3) is 0 Å². The molecule has 148 valence electrons. The van der Waals surface area contributed by atoms with Crippen molar-refractivity contribution in [1.82, 2.24) is 15.1 Å². The van der Waals surface area contributed by atoms with E-state index in [-0.39, 0.29) is 24.1 Å². The van der Waals surface area contributed by atoms with Crippen molar-refractivity contribution in [3.8, 4) is 0 Å². The number of rotatable bonds is 5. The van der Waals surface area contributed by atoms with E-state index in [2.05, 4.69) is 24.1 Å². The van der Waals surface area contributed by atoms with Crippen LogP contribution in [-0.4, -0.2) is 73.5 Å². The Kier molecular flexibility index (Phi) is 6.31. The number of halogens is 1.